The van der Waals surface area contributed by atoms with Crippen LogP contribution in [0.3, 0.4) is 0 Å². The molecule has 1 unspecified atom stereocenters. The zero-order valence-corrected chi connectivity index (χ0v) is 20.4. The molecule has 186 valence electrons. The summed E-state index contributed by atoms with van der Waals surface area (Å²) in [6.07, 6.45) is -3.72. The lowest BCUT2D eigenvalue weighted by Crippen LogP contribution is -2.21. The lowest BCUT2D eigenvalue weighted by molar-refractivity contribution is -0.139. The second-order valence-electron chi connectivity index (χ2n) is 9.37. The van der Waals surface area contributed by atoms with Gasteiger partial charge in [0.25, 0.3) is 0 Å². The number of rotatable bonds is 8. The maximum absolute atomic E-state index is 13.0. The highest BCUT2D eigenvalue weighted by molar-refractivity contribution is 5.84. The van der Waals surface area contributed by atoms with Crippen molar-refractivity contribution >= 4 is 5.97 Å². The number of aliphatic carboxylic acids is 1. The number of nitrogens with zero attached hydrogens (tertiary/aromatic N) is 1. The summed E-state index contributed by atoms with van der Waals surface area (Å²) in [4.78, 5) is 17.3. The molecular weight excluding hydrogens is 453 g/mol. The van der Waals surface area contributed by atoms with E-state index in [1.54, 1.807) is 6.92 Å². The van der Waals surface area contributed by atoms with Gasteiger partial charge >= 0.3 is 12.1 Å². The minimum absolute atomic E-state index is 0.0301. The van der Waals surface area contributed by atoms with Crippen molar-refractivity contribution in [2.45, 2.75) is 59.2 Å². The number of aromatic nitrogens is 1. The molecule has 3 N–H and O–H groups in total. The van der Waals surface area contributed by atoms with Crippen molar-refractivity contribution < 1.29 is 23.1 Å². The maximum Gasteiger partial charge on any atom is 0.416 e. The molecule has 0 amide bonds. The normalized spacial score (nSPS) is 12.7. The molecule has 1 heterocycles. The number of pyridine rings is 1. The van der Waals surface area contributed by atoms with E-state index in [-0.39, 0.29) is 13.0 Å². The highest BCUT2D eigenvalue weighted by atomic mass is 19.4. The van der Waals surface area contributed by atoms with Gasteiger partial charge in [-0.05, 0) is 72.6 Å². The number of carbonyl (C=O) groups is 1. The third-order valence-corrected chi connectivity index (χ3v) is 6.13. The van der Waals surface area contributed by atoms with Gasteiger partial charge in [-0.2, -0.15) is 13.2 Å². The van der Waals surface area contributed by atoms with Crippen LogP contribution in [0.2, 0.25) is 0 Å². The summed E-state index contributed by atoms with van der Waals surface area (Å²) < 4.78 is 39.0. The molecule has 3 aromatic rings. The number of hydrogen-bond donors (Lipinski definition) is 2. The molecule has 0 aliphatic rings. The second-order valence-corrected chi connectivity index (χ2v) is 9.37. The Balaban J connectivity index is 2.21. The predicted molar refractivity (Wildman–Crippen MR) is 131 cm³/mol. The number of aryl methyl sites for hydroxylation is 2. The van der Waals surface area contributed by atoms with E-state index >= 15 is 0 Å². The van der Waals surface area contributed by atoms with Gasteiger partial charge in [-0.1, -0.05) is 55.8 Å². The molecule has 0 saturated carbocycles. The Bertz CT molecular complexity index is 1180. The summed E-state index contributed by atoms with van der Waals surface area (Å²) in [6.45, 7) is 8.13. The fraction of sp³-hybridized carbons (Fsp3) is 0.357. The first-order valence-corrected chi connectivity index (χ1v) is 11.6. The molecule has 0 spiro atoms. The Labute approximate surface area is 204 Å². The molecule has 0 aliphatic carbocycles. The number of carboxylic acids is 1. The van der Waals surface area contributed by atoms with E-state index in [1.807, 2.05) is 31.2 Å². The quantitative estimate of drug-likeness (QED) is 0.385. The third-order valence-electron chi connectivity index (χ3n) is 6.13. The summed E-state index contributed by atoms with van der Waals surface area (Å²) >= 11 is 0. The summed E-state index contributed by atoms with van der Waals surface area (Å²) in [5.74, 6) is -1.75. The van der Waals surface area contributed by atoms with E-state index in [2.05, 4.69) is 13.8 Å². The van der Waals surface area contributed by atoms with Crippen molar-refractivity contribution in [3.63, 3.8) is 0 Å². The zero-order chi connectivity index (χ0) is 25.9. The topological polar surface area (TPSA) is 76.2 Å². The van der Waals surface area contributed by atoms with Gasteiger partial charge in [0.1, 0.15) is 0 Å². The van der Waals surface area contributed by atoms with Gasteiger partial charge < -0.3 is 10.8 Å². The smallest absolute Gasteiger partial charge is 0.416 e. The van der Waals surface area contributed by atoms with Crippen LogP contribution in [0.4, 0.5) is 13.2 Å². The molecule has 0 fully saturated rings. The van der Waals surface area contributed by atoms with E-state index in [0.29, 0.717) is 29.2 Å². The van der Waals surface area contributed by atoms with Gasteiger partial charge in [0, 0.05) is 17.9 Å². The number of nitrogens with two attached hydrogens (primary N) is 1. The van der Waals surface area contributed by atoms with E-state index < -0.39 is 23.6 Å². The number of alkyl halides is 3. The molecule has 35 heavy (non-hydrogen) atoms. The van der Waals surface area contributed by atoms with Crippen LogP contribution in [0.1, 0.15) is 59.0 Å². The van der Waals surface area contributed by atoms with E-state index in [9.17, 15) is 23.1 Å². The molecule has 0 bridgehead atoms. The van der Waals surface area contributed by atoms with Crippen molar-refractivity contribution in [2.75, 3.05) is 0 Å². The lowest BCUT2D eigenvalue weighted by Gasteiger charge is -2.25. The minimum Gasteiger partial charge on any atom is -0.481 e. The van der Waals surface area contributed by atoms with E-state index in [0.717, 1.165) is 40.1 Å². The van der Waals surface area contributed by atoms with Crippen LogP contribution >= 0.6 is 0 Å². The van der Waals surface area contributed by atoms with E-state index in [4.69, 9.17) is 10.7 Å². The average molecular weight is 485 g/mol. The maximum atomic E-state index is 13.0. The second kappa shape index (κ2) is 10.6. The van der Waals surface area contributed by atoms with Crippen LogP contribution in [0, 0.1) is 19.8 Å². The fourth-order valence-electron chi connectivity index (χ4n) is 4.45. The number of benzene rings is 2. The molecule has 3 rings (SSSR count). The molecule has 7 heteroatoms. The van der Waals surface area contributed by atoms with Crippen molar-refractivity contribution in [3.8, 4) is 11.1 Å². The first-order valence-electron chi connectivity index (χ1n) is 11.6. The highest BCUT2D eigenvalue weighted by Gasteiger charge is 2.32. The Morgan fingerprint density at radius 3 is 2.09 bits per heavy atom. The molecule has 1 atom stereocenters. The molecular formula is C28H31F3N2O2. The first kappa shape index (κ1) is 26.4. The molecule has 0 aliphatic heterocycles. The summed E-state index contributed by atoms with van der Waals surface area (Å²) in [5, 5.41) is 10.3. The van der Waals surface area contributed by atoms with Gasteiger partial charge in [-0.25, -0.2) is 0 Å². The largest absolute Gasteiger partial charge is 0.481 e. The fourth-order valence-corrected chi connectivity index (χ4v) is 4.45. The molecule has 0 saturated heterocycles. The van der Waals surface area contributed by atoms with Gasteiger partial charge in [0.2, 0.25) is 0 Å². The highest BCUT2D eigenvalue weighted by Crippen LogP contribution is 2.38. The van der Waals surface area contributed by atoms with Crippen LogP contribution in [-0.4, -0.2) is 16.1 Å². The Hall–Kier alpha value is -3.19. The van der Waals surface area contributed by atoms with Crippen molar-refractivity contribution in [2.24, 2.45) is 11.7 Å². The predicted octanol–water partition coefficient (Wildman–Crippen LogP) is 6.45. The van der Waals surface area contributed by atoms with Crippen molar-refractivity contribution in [1.29, 1.82) is 0 Å². The molecule has 2 aromatic carbocycles. The average Bonchev–Trinajstić information content (AvgIpc) is 2.77. The van der Waals surface area contributed by atoms with Crippen LogP contribution < -0.4 is 5.73 Å². The Morgan fingerprint density at radius 1 is 1.00 bits per heavy atom. The Kier molecular flexibility index (Phi) is 8.00. The summed E-state index contributed by atoms with van der Waals surface area (Å²) in [6, 6.07) is 12.5. The van der Waals surface area contributed by atoms with Crippen LogP contribution in [0.5, 0.6) is 0 Å². The summed E-state index contributed by atoms with van der Waals surface area (Å²) in [5.41, 5.74) is 11.4. The van der Waals surface area contributed by atoms with Gasteiger partial charge in [-0.3, -0.25) is 9.78 Å². The number of carboxylic acid groups (broad SMARTS) is 1. The van der Waals surface area contributed by atoms with Gasteiger partial charge in [0.15, 0.2) is 0 Å². The molecule has 4 nitrogen and oxygen atoms in total. The minimum atomic E-state index is -4.45. The third kappa shape index (κ3) is 6.09. The first-order chi connectivity index (χ1) is 16.4. The number of hydrogen-bond acceptors (Lipinski definition) is 3. The van der Waals surface area contributed by atoms with E-state index in [1.165, 1.54) is 12.1 Å². The van der Waals surface area contributed by atoms with Crippen molar-refractivity contribution in [1.82, 2.24) is 4.98 Å². The van der Waals surface area contributed by atoms with Crippen molar-refractivity contribution in [3.05, 3.63) is 87.7 Å². The van der Waals surface area contributed by atoms with Gasteiger partial charge in [0.05, 0.1) is 11.5 Å². The van der Waals surface area contributed by atoms with Gasteiger partial charge in [-0.15, -0.1) is 0 Å². The molecule has 0 radical (unpaired) electrons. The van der Waals surface area contributed by atoms with Crippen LogP contribution in [0.15, 0.2) is 48.5 Å². The SMILES string of the molecule is Cc1ccc(-c2c(CN)c(CC(C)C)nc(C)c2C(Cc2ccc(C(F)(F)F)cc2)C(=O)O)cc1. The standard InChI is InChI=1S/C28H31F3N2O2/c1-16(2)13-24-23(15-32)26(20-9-5-17(3)6-10-20)25(18(4)33-24)22(27(34)35)14-19-7-11-21(12-8-19)28(29,30)31/h5-12,16,22H,13-15,32H2,1-4H3,(H,34,35). The number of halogens is 3. The Morgan fingerprint density at radius 2 is 1.60 bits per heavy atom. The summed E-state index contributed by atoms with van der Waals surface area (Å²) in [7, 11) is 0. The monoisotopic (exact) mass is 484 g/mol. The van der Waals surface area contributed by atoms with Crippen LogP contribution in [-0.2, 0) is 30.4 Å². The lowest BCUT2D eigenvalue weighted by atomic mass is 9.82. The van der Waals surface area contributed by atoms with Crippen LogP contribution in [0.25, 0.3) is 11.1 Å². The zero-order valence-electron chi connectivity index (χ0n) is 20.4. The molecule has 1 aromatic heterocycles.